The minimum atomic E-state index is -4.06. The highest BCUT2D eigenvalue weighted by molar-refractivity contribution is 7.92. The molecule has 0 bridgehead atoms. The third-order valence-electron chi connectivity index (χ3n) is 10.5. The predicted octanol–water partition coefficient (Wildman–Crippen LogP) is 8.34. The highest BCUT2D eigenvalue weighted by atomic mass is 32.2. The molecular formula is C40H65N3O10SSi3. The zero-order valence-electron chi connectivity index (χ0n) is 36.3. The zero-order chi connectivity index (χ0) is 42.4. The summed E-state index contributed by atoms with van der Waals surface area (Å²) < 4.78 is 69.3. The van der Waals surface area contributed by atoms with Crippen molar-refractivity contribution < 1.29 is 40.8 Å². The highest BCUT2D eigenvalue weighted by Gasteiger charge is 2.52. The van der Waals surface area contributed by atoms with Gasteiger partial charge in [-0.05, 0) is 122 Å². The van der Waals surface area contributed by atoms with Gasteiger partial charge in [0, 0.05) is 24.0 Å². The van der Waals surface area contributed by atoms with E-state index in [1.54, 1.807) is 30.3 Å². The number of aromatic nitrogens is 1. The van der Waals surface area contributed by atoms with Gasteiger partial charge in [-0.3, -0.25) is 0 Å². The summed E-state index contributed by atoms with van der Waals surface area (Å²) >= 11 is 0. The Labute approximate surface area is 343 Å². The maximum Gasteiger partial charge on any atom is 0.323 e. The Morgan fingerprint density at radius 3 is 2.14 bits per heavy atom. The molecule has 0 spiro atoms. The van der Waals surface area contributed by atoms with Gasteiger partial charge in [0.2, 0.25) is 21.1 Å². The minimum absolute atomic E-state index is 0.0689. The maximum absolute atomic E-state index is 14.1. The van der Waals surface area contributed by atoms with Gasteiger partial charge < -0.3 is 37.6 Å². The lowest BCUT2D eigenvalue weighted by atomic mass is 9.85. The minimum Gasteiger partial charge on any atom is -0.462 e. The van der Waals surface area contributed by atoms with Crippen LogP contribution in [0.1, 0.15) is 51.0 Å². The van der Waals surface area contributed by atoms with Gasteiger partial charge in [-0.2, -0.15) is 0 Å². The van der Waals surface area contributed by atoms with Crippen LogP contribution in [0.3, 0.4) is 0 Å². The number of aliphatic imine (C=N–C) groups is 1. The van der Waals surface area contributed by atoms with Gasteiger partial charge in [-0.15, -0.1) is 0 Å². The van der Waals surface area contributed by atoms with Gasteiger partial charge in [-0.25, -0.2) is 18.0 Å². The Hall–Kier alpha value is -2.49. The van der Waals surface area contributed by atoms with E-state index in [4.69, 9.17) is 27.5 Å². The van der Waals surface area contributed by atoms with Crippen LogP contribution in [-0.4, -0.2) is 97.4 Å². The van der Waals surface area contributed by atoms with Crippen molar-refractivity contribution >= 4 is 46.5 Å². The van der Waals surface area contributed by atoms with E-state index in [2.05, 4.69) is 77.8 Å². The van der Waals surface area contributed by atoms with E-state index in [1.165, 1.54) is 23.7 Å². The van der Waals surface area contributed by atoms with Crippen LogP contribution in [0.2, 0.25) is 58.9 Å². The van der Waals surface area contributed by atoms with E-state index in [0.29, 0.717) is 18.7 Å². The lowest BCUT2D eigenvalue weighted by Crippen LogP contribution is -2.58. The molecular weight excluding hydrogens is 799 g/mol. The van der Waals surface area contributed by atoms with Crippen LogP contribution in [0.4, 0.5) is 5.82 Å². The van der Waals surface area contributed by atoms with Crippen molar-refractivity contribution in [1.82, 2.24) is 4.57 Å². The highest BCUT2D eigenvalue weighted by Crippen LogP contribution is 2.42. The SMILES string of the molecule is C/C(=C\C1=NC(S(=O)(=O)c2ccc(C)cc2)C(c2ccc([N+](=O)[O-])n2C)O1)C[C@@H]1OC[C@H](C[C@@H]2O[C@H]2[C@@H](C)[C@H](C)O[Si](C)(C)C)[C@@H](O[Si](C)(C)C)[C@H]1O[Si](C)(C)C. The molecule has 3 aliphatic rings. The molecule has 0 amide bonds. The number of nitro groups is 1. The standard InChI is InChI=1S/C40H65N3O10SSi3/c1-25-15-17-30(18-16-25)54(46,47)40-38(31-19-20-35(42(31)5)43(44)45)50-34(41-40)22-26(2)21-32-39(53-57(12,13)14)37(52-56(9,10)11)29(24-48-32)23-33-36(49-33)27(3)28(4)51-55(6,7)8/h15-20,22,27-29,32-33,36-40H,21,23-24H2,1-14H3/b26-22+/t27-,28-,29-,32-,33-,36-,37+,38?,39-,40?/m0/s1. The van der Waals surface area contributed by atoms with Crippen LogP contribution in [0.25, 0.3) is 0 Å². The van der Waals surface area contributed by atoms with Crippen LogP contribution in [0.5, 0.6) is 0 Å². The number of nitrogens with zero attached hydrogens (tertiary/aromatic N) is 3. The Morgan fingerprint density at radius 2 is 1.58 bits per heavy atom. The van der Waals surface area contributed by atoms with E-state index in [0.717, 1.165) is 17.6 Å². The first kappa shape index (κ1) is 45.6. The quantitative estimate of drug-likeness (QED) is 0.0657. The van der Waals surface area contributed by atoms with E-state index in [1.807, 2.05) is 13.8 Å². The average molecular weight is 864 g/mol. The summed E-state index contributed by atoms with van der Waals surface area (Å²) in [5.41, 5.74) is 2.10. The van der Waals surface area contributed by atoms with Gasteiger partial charge in [0.15, 0.2) is 31.1 Å². The molecule has 2 saturated heterocycles. The Bertz CT molecular complexity index is 1920. The summed E-state index contributed by atoms with van der Waals surface area (Å²) in [6.45, 7) is 28.4. The number of sulfone groups is 1. The summed E-state index contributed by atoms with van der Waals surface area (Å²) in [5, 5.41) is 10.4. The molecule has 2 unspecified atom stereocenters. The van der Waals surface area contributed by atoms with Crippen molar-refractivity contribution in [2.45, 2.75) is 152 Å². The average Bonchev–Trinajstić information content (AvgIpc) is 3.52. The first-order chi connectivity index (χ1) is 26.2. The molecule has 13 nitrogen and oxygen atoms in total. The molecule has 318 valence electrons. The van der Waals surface area contributed by atoms with E-state index >= 15 is 0 Å². The second kappa shape index (κ2) is 17.2. The molecule has 0 aliphatic carbocycles. The van der Waals surface area contributed by atoms with Gasteiger partial charge in [0.25, 0.3) is 0 Å². The fourth-order valence-electron chi connectivity index (χ4n) is 7.82. The zero-order valence-corrected chi connectivity index (χ0v) is 40.1. The number of hydrogen-bond acceptors (Lipinski definition) is 11. The Morgan fingerprint density at radius 1 is 0.965 bits per heavy atom. The fourth-order valence-corrected chi connectivity index (χ4v) is 12.9. The molecule has 3 aliphatic heterocycles. The number of ether oxygens (including phenoxy) is 3. The second-order valence-electron chi connectivity index (χ2n) is 19.1. The van der Waals surface area contributed by atoms with Crippen LogP contribution in [0, 0.1) is 28.9 Å². The first-order valence-electron chi connectivity index (χ1n) is 20.1. The van der Waals surface area contributed by atoms with Crippen LogP contribution in [-0.2, 0) is 44.4 Å². The summed E-state index contributed by atoms with van der Waals surface area (Å²) in [7, 11) is -8.39. The normalized spacial score (nSPS) is 28.5. The van der Waals surface area contributed by atoms with Crippen molar-refractivity contribution in [1.29, 1.82) is 0 Å². The molecule has 2 fully saturated rings. The van der Waals surface area contributed by atoms with Gasteiger partial charge >= 0.3 is 5.82 Å². The van der Waals surface area contributed by atoms with E-state index in [-0.39, 0.29) is 65.1 Å². The Balaban J connectivity index is 1.40. The molecule has 0 saturated carbocycles. The molecule has 57 heavy (non-hydrogen) atoms. The van der Waals surface area contributed by atoms with Gasteiger partial charge in [0.05, 0.1) is 49.1 Å². The summed E-state index contributed by atoms with van der Waals surface area (Å²) in [6.07, 6.45) is 1.36. The molecule has 1 aromatic carbocycles. The largest absolute Gasteiger partial charge is 0.462 e. The maximum atomic E-state index is 14.1. The molecule has 1 aromatic heterocycles. The molecule has 2 aromatic rings. The summed E-state index contributed by atoms with van der Waals surface area (Å²) in [6, 6.07) is 9.43. The molecule has 10 atom stereocenters. The van der Waals surface area contributed by atoms with Crippen molar-refractivity contribution in [3.05, 3.63) is 69.4 Å². The van der Waals surface area contributed by atoms with Crippen LogP contribution in [0.15, 0.2) is 57.9 Å². The number of benzene rings is 1. The van der Waals surface area contributed by atoms with Crippen molar-refractivity contribution in [2.24, 2.45) is 23.9 Å². The van der Waals surface area contributed by atoms with Crippen molar-refractivity contribution in [3.63, 3.8) is 0 Å². The van der Waals surface area contributed by atoms with Gasteiger partial charge in [0.1, 0.15) is 5.69 Å². The number of rotatable bonds is 17. The lowest BCUT2D eigenvalue weighted by Gasteiger charge is -2.47. The van der Waals surface area contributed by atoms with E-state index in [9.17, 15) is 18.5 Å². The van der Waals surface area contributed by atoms with Crippen molar-refractivity contribution in [2.75, 3.05) is 6.61 Å². The monoisotopic (exact) mass is 863 g/mol. The third-order valence-corrected chi connectivity index (χ3v) is 15.5. The lowest BCUT2D eigenvalue weighted by molar-refractivity contribution is -0.391. The third kappa shape index (κ3) is 11.6. The van der Waals surface area contributed by atoms with Crippen molar-refractivity contribution in [3.8, 4) is 0 Å². The fraction of sp³-hybridized carbons (Fsp3) is 0.675. The summed E-state index contributed by atoms with van der Waals surface area (Å²) in [4.78, 5) is 15.9. The number of epoxide rings is 1. The molecule has 0 N–H and O–H groups in total. The number of hydrogen-bond donors (Lipinski definition) is 0. The first-order valence-corrected chi connectivity index (χ1v) is 31.8. The van der Waals surface area contributed by atoms with Gasteiger partial charge in [-0.1, -0.05) is 30.2 Å². The molecule has 17 heteroatoms. The van der Waals surface area contributed by atoms with Crippen LogP contribution < -0.4 is 0 Å². The van der Waals surface area contributed by atoms with Crippen LogP contribution >= 0.6 is 0 Å². The molecule has 4 heterocycles. The molecule has 0 radical (unpaired) electrons. The smallest absolute Gasteiger partial charge is 0.323 e. The van der Waals surface area contributed by atoms with E-state index < -0.39 is 51.2 Å². The Kier molecular flexibility index (Phi) is 13.8. The molecule has 5 rings (SSSR count). The summed E-state index contributed by atoms with van der Waals surface area (Å²) in [5.74, 6) is 0.284. The topological polar surface area (TPSA) is 153 Å². The second-order valence-corrected chi connectivity index (χ2v) is 34.5. The predicted molar refractivity (Wildman–Crippen MR) is 230 cm³/mol. The number of aryl methyl sites for hydroxylation is 1.